The van der Waals surface area contributed by atoms with Crippen LogP contribution in [0, 0.1) is 0 Å². The molecule has 1 atom stereocenters. The summed E-state index contributed by atoms with van der Waals surface area (Å²) in [6.07, 6.45) is -3.05. The Balaban J connectivity index is 2.45. The van der Waals surface area contributed by atoms with Crippen LogP contribution in [0.1, 0.15) is 43.4 Å². The van der Waals surface area contributed by atoms with Crippen molar-refractivity contribution in [3.05, 3.63) is 35.4 Å². The number of unbranched alkanes of at least 4 members (excludes halogenated alkanes) is 1. The van der Waals surface area contributed by atoms with Crippen LogP contribution in [0.4, 0.5) is 18.0 Å². The molecule has 1 unspecified atom stereocenters. The lowest BCUT2D eigenvalue weighted by molar-refractivity contribution is -0.137. The smallest absolute Gasteiger partial charge is 0.352 e. The van der Waals surface area contributed by atoms with Gasteiger partial charge in [-0.2, -0.15) is 13.2 Å². The molecule has 5 nitrogen and oxygen atoms in total. The van der Waals surface area contributed by atoms with Crippen molar-refractivity contribution >= 4 is 11.9 Å². The average Bonchev–Trinajstić information content (AvgIpc) is 2.45. The van der Waals surface area contributed by atoms with E-state index in [-0.39, 0.29) is 12.3 Å². The van der Waals surface area contributed by atoms with Crippen LogP contribution >= 0.6 is 0 Å². The third-order valence-corrected chi connectivity index (χ3v) is 3.22. The number of hydrogen-bond donors (Lipinski definition) is 3. The van der Waals surface area contributed by atoms with Gasteiger partial charge in [0.05, 0.1) is 11.6 Å². The van der Waals surface area contributed by atoms with E-state index in [1.165, 1.54) is 12.1 Å². The molecule has 0 heterocycles. The molecule has 0 saturated heterocycles. The van der Waals surface area contributed by atoms with Crippen molar-refractivity contribution in [3.8, 4) is 0 Å². The Morgan fingerprint density at radius 3 is 2.57 bits per heavy atom. The number of nitrogens with one attached hydrogen (secondary N) is 2. The van der Waals surface area contributed by atoms with Gasteiger partial charge in [-0.25, -0.2) is 4.79 Å². The standard InChI is InChI=1S/C15H20F3N3O2/c1-10(11-5-4-6-12(9-11)15(16,17)18)21-13(22)7-2-3-8-20-14(19)23/h4-6,9-10H,2-3,7-8H2,1H3,(H,21,22)(H3,19,20,23). The van der Waals surface area contributed by atoms with E-state index in [4.69, 9.17) is 5.73 Å². The molecule has 0 aliphatic rings. The summed E-state index contributed by atoms with van der Waals surface area (Å²) < 4.78 is 38.0. The number of alkyl halides is 3. The lowest BCUT2D eigenvalue weighted by atomic mass is 10.0. The third-order valence-electron chi connectivity index (χ3n) is 3.22. The van der Waals surface area contributed by atoms with E-state index in [0.29, 0.717) is 24.9 Å². The lowest BCUT2D eigenvalue weighted by Gasteiger charge is -2.16. The predicted molar refractivity (Wildman–Crippen MR) is 79.4 cm³/mol. The minimum Gasteiger partial charge on any atom is -0.352 e. The maximum Gasteiger partial charge on any atom is 0.416 e. The Hall–Kier alpha value is -2.25. The predicted octanol–water partition coefficient (Wildman–Crippen LogP) is 2.72. The molecule has 1 aromatic rings. The first-order valence-electron chi connectivity index (χ1n) is 7.20. The van der Waals surface area contributed by atoms with E-state index in [1.807, 2.05) is 0 Å². The number of carbonyl (C=O) groups is 2. The fourth-order valence-corrected chi connectivity index (χ4v) is 2.00. The lowest BCUT2D eigenvalue weighted by Crippen LogP contribution is -2.30. The quantitative estimate of drug-likeness (QED) is 0.671. The normalized spacial score (nSPS) is 12.5. The SMILES string of the molecule is CC(NC(=O)CCCCNC(N)=O)c1cccc(C(F)(F)F)c1. The van der Waals surface area contributed by atoms with Crippen molar-refractivity contribution in [1.29, 1.82) is 0 Å². The van der Waals surface area contributed by atoms with Crippen molar-refractivity contribution in [1.82, 2.24) is 10.6 Å². The van der Waals surface area contributed by atoms with Crippen molar-refractivity contribution in [2.45, 2.75) is 38.4 Å². The molecule has 0 spiro atoms. The molecule has 1 rings (SSSR count). The van der Waals surface area contributed by atoms with E-state index in [1.54, 1.807) is 6.92 Å². The van der Waals surface area contributed by atoms with E-state index >= 15 is 0 Å². The number of benzene rings is 1. The van der Waals surface area contributed by atoms with Crippen LogP contribution in [0.2, 0.25) is 0 Å². The number of amides is 3. The fraction of sp³-hybridized carbons (Fsp3) is 0.467. The van der Waals surface area contributed by atoms with Crippen LogP contribution in [-0.2, 0) is 11.0 Å². The molecule has 0 aliphatic heterocycles. The summed E-state index contributed by atoms with van der Waals surface area (Å²) in [4.78, 5) is 22.2. The number of primary amides is 1. The van der Waals surface area contributed by atoms with Crippen molar-refractivity contribution < 1.29 is 22.8 Å². The highest BCUT2D eigenvalue weighted by Crippen LogP contribution is 2.30. The Morgan fingerprint density at radius 2 is 1.96 bits per heavy atom. The molecule has 0 radical (unpaired) electrons. The number of nitrogens with two attached hydrogens (primary N) is 1. The number of urea groups is 1. The molecule has 1 aromatic carbocycles. The van der Waals surface area contributed by atoms with Crippen LogP contribution in [0.3, 0.4) is 0 Å². The summed E-state index contributed by atoms with van der Waals surface area (Å²) in [6, 6.07) is 3.74. The molecule has 4 N–H and O–H groups in total. The van der Waals surface area contributed by atoms with E-state index < -0.39 is 23.8 Å². The number of hydrogen-bond acceptors (Lipinski definition) is 2. The molecular formula is C15H20F3N3O2. The largest absolute Gasteiger partial charge is 0.416 e. The average molecular weight is 331 g/mol. The summed E-state index contributed by atoms with van der Waals surface area (Å²) in [6.45, 7) is 2.01. The summed E-state index contributed by atoms with van der Waals surface area (Å²) in [5.74, 6) is -0.256. The molecule has 0 saturated carbocycles. The van der Waals surface area contributed by atoms with Crippen LogP contribution < -0.4 is 16.4 Å². The van der Waals surface area contributed by atoms with Gasteiger partial charge in [0.2, 0.25) is 5.91 Å². The van der Waals surface area contributed by atoms with Crippen LogP contribution in [0.15, 0.2) is 24.3 Å². The summed E-state index contributed by atoms with van der Waals surface area (Å²) in [5.41, 5.74) is 4.55. The summed E-state index contributed by atoms with van der Waals surface area (Å²) >= 11 is 0. The molecule has 23 heavy (non-hydrogen) atoms. The Morgan fingerprint density at radius 1 is 1.26 bits per heavy atom. The van der Waals surface area contributed by atoms with Crippen LogP contribution in [0.5, 0.6) is 0 Å². The van der Waals surface area contributed by atoms with Gasteiger partial charge in [-0.05, 0) is 37.5 Å². The zero-order valence-corrected chi connectivity index (χ0v) is 12.7. The minimum atomic E-state index is -4.41. The number of halogens is 3. The second kappa shape index (κ2) is 8.40. The molecular weight excluding hydrogens is 311 g/mol. The fourth-order valence-electron chi connectivity index (χ4n) is 2.00. The van der Waals surface area contributed by atoms with Gasteiger partial charge in [-0.1, -0.05) is 12.1 Å². The van der Waals surface area contributed by atoms with E-state index in [0.717, 1.165) is 12.1 Å². The van der Waals surface area contributed by atoms with Gasteiger partial charge in [0.1, 0.15) is 0 Å². The molecule has 0 aliphatic carbocycles. The van der Waals surface area contributed by atoms with E-state index in [2.05, 4.69) is 10.6 Å². The van der Waals surface area contributed by atoms with Gasteiger partial charge < -0.3 is 16.4 Å². The highest BCUT2D eigenvalue weighted by atomic mass is 19.4. The van der Waals surface area contributed by atoms with Crippen molar-refractivity contribution in [3.63, 3.8) is 0 Å². The number of rotatable bonds is 7. The first-order chi connectivity index (χ1) is 10.7. The highest BCUT2D eigenvalue weighted by molar-refractivity contribution is 5.76. The van der Waals surface area contributed by atoms with Crippen molar-refractivity contribution in [2.24, 2.45) is 5.73 Å². The first-order valence-corrected chi connectivity index (χ1v) is 7.20. The van der Waals surface area contributed by atoms with Gasteiger partial charge >= 0.3 is 12.2 Å². The monoisotopic (exact) mass is 331 g/mol. The Kier molecular flexibility index (Phi) is 6.87. The molecule has 3 amide bonds. The van der Waals surface area contributed by atoms with Gasteiger partial charge in [0.25, 0.3) is 0 Å². The van der Waals surface area contributed by atoms with Crippen LogP contribution in [0.25, 0.3) is 0 Å². The maximum atomic E-state index is 12.7. The second-order valence-corrected chi connectivity index (χ2v) is 5.16. The molecule has 0 aromatic heterocycles. The highest BCUT2D eigenvalue weighted by Gasteiger charge is 2.30. The maximum absolute atomic E-state index is 12.7. The first kappa shape index (κ1) is 18.8. The number of carbonyl (C=O) groups excluding carboxylic acids is 2. The molecule has 128 valence electrons. The summed E-state index contributed by atoms with van der Waals surface area (Å²) in [7, 11) is 0. The molecule has 8 heteroatoms. The molecule has 0 bridgehead atoms. The third kappa shape index (κ3) is 7.03. The van der Waals surface area contributed by atoms with E-state index in [9.17, 15) is 22.8 Å². The second-order valence-electron chi connectivity index (χ2n) is 5.16. The topological polar surface area (TPSA) is 84.2 Å². The van der Waals surface area contributed by atoms with Gasteiger partial charge in [-0.15, -0.1) is 0 Å². The molecule has 0 fully saturated rings. The van der Waals surface area contributed by atoms with Gasteiger partial charge in [-0.3, -0.25) is 4.79 Å². The summed E-state index contributed by atoms with van der Waals surface area (Å²) in [5, 5.41) is 5.06. The zero-order chi connectivity index (χ0) is 17.5. The van der Waals surface area contributed by atoms with Gasteiger partial charge in [0.15, 0.2) is 0 Å². The Labute approximate surface area is 132 Å². The Bertz CT molecular complexity index is 547. The zero-order valence-electron chi connectivity index (χ0n) is 12.7. The van der Waals surface area contributed by atoms with Gasteiger partial charge in [0, 0.05) is 13.0 Å². The van der Waals surface area contributed by atoms with Crippen molar-refractivity contribution in [2.75, 3.05) is 6.54 Å². The minimum absolute atomic E-state index is 0.226. The van der Waals surface area contributed by atoms with Crippen LogP contribution in [-0.4, -0.2) is 18.5 Å².